The Bertz CT molecular complexity index is 365. The Labute approximate surface area is 107 Å². The Hall–Kier alpha value is -1.46. The van der Waals surface area contributed by atoms with Gasteiger partial charge in [-0.1, -0.05) is 6.92 Å². The Kier molecular flexibility index (Phi) is 6.32. The molecule has 0 amide bonds. The number of aromatic carboxylic acids is 1. The quantitative estimate of drug-likeness (QED) is 0.607. The fraction of sp³-hybridized carbons (Fsp3) is 0.538. The fourth-order valence-corrected chi connectivity index (χ4v) is 1.54. The summed E-state index contributed by atoms with van der Waals surface area (Å²) in [6.07, 6.45) is 3.37. The highest BCUT2D eigenvalue weighted by Crippen LogP contribution is 2.03. The second-order valence-corrected chi connectivity index (χ2v) is 4.45. The Morgan fingerprint density at radius 1 is 1.50 bits per heavy atom. The summed E-state index contributed by atoms with van der Waals surface area (Å²) in [4.78, 5) is 14.7. The molecular formula is C13H20N2O3. The summed E-state index contributed by atoms with van der Waals surface area (Å²) in [5, 5.41) is 20.8. The van der Waals surface area contributed by atoms with Crippen LogP contribution in [0.3, 0.4) is 0 Å². The van der Waals surface area contributed by atoms with Crippen molar-refractivity contribution >= 4 is 5.97 Å². The first-order chi connectivity index (χ1) is 8.63. The molecule has 100 valence electrons. The first-order valence-corrected chi connectivity index (χ1v) is 6.13. The van der Waals surface area contributed by atoms with Gasteiger partial charge in [-0.05, 0) is 37.4 Å². The van der Waals surface area contributed by atoms with Gasteiger partial charge >= 0.3 is 5.97 Å². The summed E-state index contributed by atoms with van der Waals surface area (Å²) in [6.45, 7) is 3.75. The molecule has 1 unspecified atom stereocenters. The van der Waals surface area contributed by atoms with Crippen LogP contribution in [0.5, 0.6) is 0 Å². The molecule has 0 radical (unpaired) electrons. The van der Waals surface area contributed by atoms with Crippen molar-refractivity contribution in [2.24, 2.45) is 5.92 Å². The molecule has 5 nitrogen and oxygen atoms in total. The number of nitrogens with one attached hydrogen (secondary N) is 1. The van der Waals surface area contributed by atoms with Gasteiger partial charge in [-0.15, -0.1) is 0 Å². The van der Waals surface area contributed by atoms with Crippen LogP contribution in [0, 0.1) is 5.92 Å². The summed E-state index contributed by atoms with van der Waals surface area (Å²) >= 11 is 0. The lowest BCUT2D eigenvalue weighted by Crippen LogP contribution is -2.17. The third-order valence-corrected chi connectivity index (χ3v) is 2.74. The number of rotatable bonds is 8. The lowest BCUT2D eigenvalue weighted by atomic mass is 10.1. The van der Waals surface area contributed by atoms with E-state index in [1.165, 1.54) is 6.20 Å². The van der Waals surface area contributed by atoms with E-state index in [1.54, 1.807) is 12.1 Å². The maximum absolute atomic E-state index is 10.6. The molecule has 0 aliphatic carbocycles. The van der Waals surface area contributed by atoms with Crippen LogP contribution in [0.1, 0.15) is 35.8 Å². The summed E-state index contributed by atoms with van der Waals surface area (Å²) in [6, 6.07) is 3.27. The smallest absolute Gasteiger partial charge is 0.337 e. The van der Waals surface area contributed by atoms with Gasteiger partial charge in [0, 0.05) is 19.3 Å². The summed E-state index contributed by atoms with van der Waals surface area (Å²) in [5.74, 6) is -0.611. The Morgan fingerprint density at radius 2 is 2.28 bits per heavy atom. The minimum Gasteiger partial charge on any atom is -0.478 e. The van der Waals surface area contributed by atoms with Gasteiger partial charge in [-0.25, -0.2) is 4.79 Å². The molecule has 1 aromatic rings. The number of aliphatic hydroxyl groups is 1. The SMILES string of the molecule is CC(CO)CCCNCc1ccc(C(=O)O)cn1. The van der Waals surface area contributed by atoms with E-state index in [-0.39, 0.29) is 12.2 Å². The molecule has 1 rings (SSSR count). The van der Waals surface area contributed by atoms with Gasteiger partial charge in [0.2, 0.25) is 0 Å². The molecule has 1 heterocycles. The molecule has 0 aliphatic rings. The first kappa shape index (κ1) is 14.6. The van der Waals surface area contributed by atoms with Crippen molar-refractivity contribution in [1.82, 2.24) is 10.3 Å². The third kappa shape index (κ3) is 5.25. The molecule has 0 aromatic carbocycles. The Morgan fingerprint density at radius 3 is 2.83 bits per heavy atom. The van der Waals surface area contributed by atoms with Crippen molar-refractivity contribution in [2.75, 3.05) is 13.2 Å². The van der Waals surface area contributed by atoms with Gasteiger partial charge < -0.3 is 15.5 Å². The minimum absolute atomic E-state index is 0.204. The monoisotopic (exact) mass is 252 g/mol. The second-order valence-electron chi connectivity index (χ2n) is 4.45. The molecule has 3 N–H and O–H groups in total. The van der Waals surface area contributed by atoms with Crippen LogP contribution >= 0.6 is 0 Å². The predicted octanol–water partition coefficient (Wildman–Crippen LogP) is 1.28. The maximum atomic E-state index is 10.6. The molecule has 0 fully saturated rings. The van der Waals surface area contributed by atoms with Crippen LogP contribution < -0.4 is 5.32 Å². The Balaban J connectivity index is 2.21. The highest BCUT2D eigenvalue weighted by molar-refractivity contribution is 5.87. The molecule has 0 aliphatic heterocycles. The molecule has 18 heavy (non-hydrogen) atoms. The minimum atomic E-state index is -0.958. The van der Waals surface area contributed by atoms with Crippen molar-refractivity contribution in [3.05, 3.63) is 29.6 Å². The standard InChI is InChI=1S/C13H20N2O3/c1-10(9-16)3-2-6-14-8-12-5-4-11(7-15-12)13(17)18/h4-5,7,10,14,16H,2-3,6,8-9H2,1H3,(H,17,18). The number of pyridine rings is 1. The molecular weight excluding hydrogens is 232 g/mol. The van der Waals surface area contributed by atoms with Gasteiger partial charge in [0.1, 0.15) is 0 Å². The highest BCUT2D eigenvalue weighted by atomic mass is 16.4. The largest absolute Gasteiger partial charge is 0.478 e. The van der Waals surface area contributed by atoms with Crippen molar-refractivity contribution in [3.63, 3.8) is 0 Å². The van der Waals surface area contributed by atoms with Crippen molar-refractivity contribution in [1.29, 1.82) is 0 Å². The molecule has 0 spiro atoms. The van der Waals surface area contributed by atoms with E-state index in [9.17, 15) is 4.79 Å². The molecule has 5 heteroatoms. The zero-order chi connectivity index (χ0) is 13.4. The van der Waals surface area contributed by atoms with E-state index in [4.69, 9.17) is 10.2 Å². The summed E-state index contributed by atoms with van der Waals surface area (Å²) < 4.78 is 0. The number of carboxylic acid groups (broad SMARTS) is 1. The van der Waals surface area contributed by atoms with Crippen molar-refractivity contribution in [3.8, 4) is 0 Å². The first-order valence-electron chi connectivity index (χ1n) is 6.13. The van der Waals surface area contributed by atoms with E-state index in [1.807, 2.05) is 6.92 Å². The number of hydrogen-bond donors (Lipinski definition) is 3. The van der Waals surface area contributed by atoms with Crippen LogP contribution in [0.4, 0.5) is 0 Å². The number of aliphatic hydroxyl groups excluding tert-OH is 1. The van der Waals surface area contributed by atoms with Crippen LogP contribution in [0.15, 0.2) is 18.3 Å². The number of nitrogens with zero attached hydrogens (tertiary/aromatic N) is 1. The zero-order valence-electron chi connectivity index (χ0n) is 10.6. The number of hydrogen-bond acceptors (Lipinski definition) is 4. The zero-order valence-corrected chi connectivity index (χ0v) is 10.6. The van der Waals surface area contributed by atoms with Crippen molar-refractivity contribution in [2.45, 2.75) is 26.3 Å². The third-order valence-electron chi connectivity index (χ3n) is 2.74. The average molecular weight is 252 g/mol. The van der Waals surface area contributed by atoms with E-state index >= 15 is 0 Å². The highest BCUT2D eigenvalue weighted by Gasteiger charge is 2.03. The number of carbonyl (C=O) groups is 1. The van der Waals surface area contributed by atoms with Crippen LogP contribution in [0.2, 0.25) is 0 Å². The molecule has 0 saturated carbocycles. The van der Waals surface area contributed by atoms with Gasteiger partial charge in [0.25, 0.3) is 0 Å². The van der Waals surface area contributed by atoms with Gasteiger partial charge in [0.15, 0.2) is 0 Å². The van der Waals surface area contributed by atoms with Crippen LogP contribution in [-0.2, 0) is 6.54 Å². The van der Waals surface area contributed by atoms with E-state index in [0.29, 0.717) is 12.5 Å². The fourth-order valence-electron chi connectivity index (χ4n) is 1.54. The summed E-state index contributed by atoms with van der Waals surface area (Å²) in [5.41, 5.74) is 1.03. The topological polar surface area (TPSA) is 82.5 Å². The number of aromatic nitrogens is 1. The van der Waals surface area contributed by atoms with Crippen LogP contribution in [-0.4, -0.2) is 34.3 Å². The normalized spacial score (nSPS) is 12.3. The van der Waals surface area contributed by atoms with E-state index in [2.05, 4.69) is 10.3 Å². The van der Waals surface area contributed by atoms with E-state index < -0.39 is 5.97 Å². The van der Waals surface area contributed by atoms with E-state index in [0.717, 1.165) is 25.1 Å². The van der Waals surface area contributed by atoms with Crippen LogP contribution in [0.25, 0.3) is 0 Å². The molecule has 1 aromatic heterocycles. The van der Waals surface area contributed by atoms with Gasteiger partial charge in [0.05, 0.1) is 11.3 Å². The average Bonchev–Trinajstić information content (AvgIpc) is 2.38. The number of carboxylic acids is 1. The lowest BCUT2D eigenvalue weighted by molar-refractivity contribution is 0.0696. The summed E-state index contributed by atoms with van der Waals surface area (Å²) in [7, 11) is 0. The molecule has 0 saturated heterocycles. The van der Waals surface area contributed by atoms with Crippen molar-refractivity contribution < 1.29 is 15.0 Å². The predicted molar refractivity (Wildman–Crippen MR) is 68.4 cm³/mol. The molecule has 1 atom stereocenters. The lowest BCUT2D eigenvalue weighted by Gasteiger charge is -2.08. The molecule has 0 bridgehead atoms. The van der Waals surface area contributed by atoms with Gasteiger partial charge in [-0.2, -0.15) is 0 Å². The second kappa shape index (κ2) is 7.79. The maximum Gasteiger partial charge on any atom is 0.337 e. The van der Waals surface area contributed by atoms with Gasteiger partial charge in [-0.3, -0.25) is 4.98 Å².